The summed E-state index contributed by atoms with van der Waals surface area (Å²) in [4.78, 5) is 3.69. The lowest BCUT2D eigenvalue weighted by Gasteiger charge is -2.00. The number of benzene rings is 1. The van der Waals surface area contributed by atoms with Crippen LogP contribution in [0.3, 0.4) is 0 Å². The first-order chi connectivity index (χ1) is 6.34. The van der Waals surface area contributed by atoms with E-state index in [9.17, 15) is 0 Å². The highest BCUT2D eigenvalue weighted by Gasteiger charge is 1.97. The predicted molar refractivity (Wildman–Crippen MR) is 56.2 cm³/mol. The molecule has 0 saturated heterocycles. The van der Waals surface area contributed by atoms with Crippen LogP contribution in [-0.2, 0) is 0 Å². The van der Waals surface area contributed by atoms with E-state index in [-0.39, 0.29) is 0 Å². The molecule has 0 aliphatic rings. The van der Waals surface area contributed by atoms with Crippen molar-refractivity contribution in [3.05, 3.63) is 39.7 Å². The van der Waals surface area contributed by atoms with Crippen LogP contribution in [-0.4, -0.2) is 12.3 Å². The van der Waals surface area contributed by atoms with Gasteiger partial charge in [-0.25, -0.2) is 0 Å². The number of thioether (sulfide) groups is 1. The van der Waals surface area contributed by atoms with Gasteiger partial charge < -0.3 is 0 Å². The Morgan fingerprint density at radius 1 is 1.46 bits per heavy atom. The molecule has 0 saturated carbocycles. The summed E-state index contributed by atoms with van der Waals surface area (Å²) in [5.74, 6) is 0.758. The van der Waals surface area contributed by atoms with Gasteiger partial charge in [0.2, 0.25) is 0 Å². The summed E-state index contributed by atoms with van der Waals surface area (Å²) in [5.41, 5.74) is 8.04. The number of rotatable bonds is 4. The molecule has 1 rings (SSSR count). The van der Waals surface area contributed by atoms with Crippen molar-refractivity contribution in [2.24, 2.45) is 5.11 Å². The minimum atomic E-state index is 0.492. The number of hydrogen-bond donors (Lipinski definition) is 0. The van der Waals surface area contributed by atoms with E-state index in [1.807, 2.05) is 24.3 Å². The molecule has 0 amide bonds. The van der Waals surface area contributed by atoms with Crippen LogP contribution in [0, 0.1) is 0 Å². The molecule has 0 aliphatic heterocycles. The zero-order chi connectivity index (χ0) is 9.52. The maximum atomic E-state index is 8.04. The normalized spacial score (nSPS) is 9.31. The molecule has 0 unspecified atom stereocenters. The molecule has 0 heterocycles. The first-order valence-corrected chi connectivity index (χ1v) is 5.09. The molecule has 0 aliphatic carbocycles. The molecule has 0 spiro atoms. The van der Waals surface area contributed by atoms with Gasteiger partial charge in [0, 0.05) is 22.1 Å². The lowest BCUT2D eigenvalue weighted by atomic mass is 10.4. The van der Waals surface area contributed by atoms with Gasteiger partial charge in [-0.15, -0.1) is 11.8 Å². The molecule has 13 heavy (non-hydrogen) atoms. The second-order valence-corrected chi connectivity index (χ2v) is 3.78. The molecule has 0 bridgehead atoms. The highest BCUT2D eigenvalue weighted by atomic mass is 35.5. The fraction of sp³-hybridized carbons (Fsp3) is 0.250. The monoisotopic (exact) mass is 213 g/mol. The van der Waals surface area contributed by atoms with E-state index in [2.05, 4.69) is 10.0 Å². The predicted octanol–water partition coefficient (Wildman–Crippen LogP) is 3.74. The van der Waals surface area contributed by atoms with E-state index in [0.29, 0.717) is 6.54 Å². The van der Waals surface area contributed by atoms with Crippen molar-refractivity contribution in [3.63, 3.8) is 0 Å². The van der Waals surface area contributed by atoms with E-state index in [0.717, 1.165) is 15.7 Å². The summed E-state index contributed by atoms with van der Waals surface area (Å²) in [7, 11) is 0. The van der Waals surface area contributed by atoms with Gasteiger partial charge in [0.05, 0.1) is 5.02 Å². The molecule has 1 aromatic rings. The van der Waals surface area contributed by atoms with Gasteiger partial charge in [-0.3, -0.25) is 0 Å². The fourth-order valence-corrected chi connectivity index (χ4v) is 1.88. The van der Waals surface area contributed by atoms with Crippen molar-refractivity contribution in [2.45, 2.75) is 4.90 Å². The third-order valence-electron chi connectivity index (χ3n) is 1.35. The van der Waals surface area contributed by atoms with Crippen molar-refractivity contribution in [2.75, 3.05) is 12.3 Å². The van der Waals surface area contributed by atoms with Crippen molar-refractivity contribution >= 4 is 23.4 Å². The van der Waals surface area contributed by atoms with Crippen LogP contribution in [0.25, 0.3) is 10.4 Å². The van der Waals surface area contributed by atoms with E-state index in [4.69, 9.17) is 17.1 Å². The van der Waals surface area contributed by atoms with Crippen LogP contribution >= 0.6 is 23.4 Å². The van der Waals surface area contributed by atoms with E-state index >= 15 is 0 Å². The average Bonchev–Trinajstić information content (AvgIpc) is 2.15. The van der Waals surface area contributed by atoms with Crippen LogP contribution in [0.5, 0.6) is 0 Å². The number of hydrogen-bond acceptors (Lipinski definition) is 2. The maximum absolute atomic E-state index is 8.04. The molecule has 1 aromatic carbocycles. The SMILES string of the molecule is [N-]=[N+]=NCCSc1ccccc1Cl. The van der Waals surface area contributed by atoms with Crippen molar-refractivity contribution in [1.82, 2.24) is 0 Å². The van der Waals surface area contributed by atoms with E-state index in [1.165, 1.54) is 0 Å². The standard InChI is InChI=1S/C8H8ClN3S/c9-7-3-1-2-4-8(7)13-6-5-11-12-10/h1-4H,5-6H2. The molecule has 0 N–H and O–H groups in total. The molecule has 0 fully saturated rings. The molecule has 0 radical (unpaired) electrons. The summed E-state index contributed by atoms with van der Waals surface area (Å²) in [6, 6.07) is 7.61. The lowest BCUT2D eigenvalue weighted by molar-refractivity contribution is 1.12. The van der Waals surface area contributed by atoms with Gasteiger partial charge in [-0.05, 0) is 17.7 Å². The van der Waals surface area contributed by atoms with Gasteiger partial charge in [0.1, 0.15) is 0 Å². The van der Waals surface area contributed by atoms with Crippen LogP contribution in [0.2, 0.25) is 5.02 Å². The minimum Gasteiger partial charge on any atom is -0.124 e. The molecule has 0 atom stereocenters. The van der Waals surface area contributed by atoms with Gasteiger partial charge in [0.15, 0.2) is 0 Å². The second-order valence-electron chi connectivity index (χ2n) is 2.23. The van der Waals surface area contributed by atoms with Crippen LogP contribution in [0.15, 0.2) is 34.3 Å². The topological polar surface area (TPSA) is 48.8 Å². The van der Waals surface area contributed by atoms with E-state index in [1.54, 1.807) is 11.8 Å². The molecule has 68 valence electrons. The Kier molecular flexibility index (Phi) is 4.54. The number of halogens is 1. The third-order valence-corrected chi connectivity index (χ3v) is 2.84. The Morgan fingerprint density at radius 2 is 2.23 bits per heavy atom. The maximum Gasteiger partial charge on any atom is 0.0541 e. The van der Waals surface area contributed by atoms with E-state index < -0.39 is 0 Å². The Hall–Kier alpha value is -0.830. The molecule has 5 heteroatoms. The molecular formula is C8H8ClN3S. The number of azide groups is 1. The Bertz CT molecular complexity index is 323. The first kappa shape index (κ1) is 10.3. The summed E-state index contributed by atoms with van der Waals surface area (Å²) in [5, 5.41) is 4.18. The van der Waals surface area contributed by atoms with Crippen molar-refractivity contribution < 1.29 is 0 Å². The smallest absolute Gasteiger partial charge is 0.0541 e. The fourth-order valence-electron chi connectivity index (χ4n) is 0.803. The zero-order valence-corrected chi connectivity index (χ0v) is 8.42. The van der Waals surface area contributed by atoms with Gasteiger partial charge in [0.25, 0.3) is 0 Å². The van der Waals surface area contributed by atoms with Crippen molar-refractivity contribution in [1.29, 1.82) is 0 Å². The second kappa shape index (κ2) is 5.75. The zero-order valence-electron chi connectivity index (χ0n) is 6.85. The molecular weight excluding hydrogens is 206 g/mol. The van der Waals surface area contributed by atoms with Gasteiger partial charge in [-0.1, -0.05) is 28.8 Å². The Labute approximate surface area is 85.7 Å². The van der Waals surface area contributed by atoms with Crippen molar-refractivity contribution in [3.8, 4) is 0 Å². The average molecular weight is 214 g/mol. The summed E-state index contributed by atoms with van der Waals surface area (Å²) in [6.45, 7) is 0.492. The number of nitrogens with zero attached hydrogens (tertiary/aromatic N) is 3. The highest BCUT2D eigenvalue weighted by Crippen LogP contribution is 2.26. The van der Waals surface area contributed by atoms with Gasteiger partial charge >= 0.3 is 0 Å². The van der Waals surface area contributed by atoms with Crippen LogP contribution in [0.1, 0.15) is 0 Å². The quantitative estimate of drug-likeness (QED) is 0.247. The molecule has 3 nitrogen and oxygen atoms in total. The Morgan fingerprint density at radius 3 is 2.92 bits per heavy atom. The largest absolute Gasteiger partial charge is 0.124 e. The van der Waals surface area contributed by atoms with Crippen LogP contribution in [0.4, 0.5) is 0 Å². The minimum absolute atomic E-state index is 0.492. The van der Waals surface area contributed by atoms with Gasteiger partial charge in [-0.2, -0.15) is 0 Å². The summed E-state index contributed by atoms with van der Waals surface area (Å²) in [6.07, 6.45) is 0. The molecule has 0 aromatic heterocycles. The summed E-state index contributed by atoms with van der Waals surface area (Å²) >= 11 is 7.50. The lowest BCUT2D eigenvalue weighted by Crippen LogP contribution is -1.83. The summed E-state index contributed by atoms with van der Waals surface area (Å²) < 4.78 is 0. The Balaban J connectivity index is 2.45. The van der Waals surface area contributed by atoms with Crippen LogP contribution < -0.4 is 0 Å². The third kappa shape index (κ3) is 3.59. The highest BCUT2D eigenvalue weighted by molar-refractivity contribution is 7.99. The first-order valence-electron chi connectivity index (χ1n) is 3.73.